The van der Waals surface area contributed by atoms with Crippen LogP contribution >= 0.6 is 0 Å². The van der Waals surface area contributed by atoms with Crippen molar-refractivity contribution in [3.8, 4) is 0 Å². The highest BCUT2D eigenvalue weighted by atomic mass is 16.3. The van der Waals surface area contributed by atoms with Crippen LogP contribution in [0.4, 0.5) is 9.59 Å². The predicted molar refractivity (Wildman–Crippen MR) is 85.2 cm³/mol. The summed E-state index contributed by atoms with van der Waals surface area (Å²) in [6, 6.07) is 7.20. The highest BCUT2D eigenvalue weighted by Gasteiger charge is 2.45. The van der Waals surface area contributed by atoms with Gasteiger partial charge in [-0.25, -0.2) is 9.59 Å². The van der Waals surface area contributed by atoms with Gasteiger partial charge in [0.15, 0.2) is 0 Å². The van der Waals surface area contributed by atoms with Crippen molar-refractivity contribution in [2.75, 3.05) is 26.3 Å². The van der Waals surface area contributed by atoms with E-state index in [1.165, 1.54) is 9.80 Å². The van der Waals surface area contributed by atoms with Crippen LogP contribution in [0.2, 0.25) is 0 Å². The Morgan fingerprint density at radius 2 is 1.43 bits per heavy atom. The van der Waals surface area contributed by atoms with Crippen LogP contribution < -0.4 is 11.5 Å². The fraction of sp³-hybridized carbons (Fsp3) is 0.467. The molecule has 0 unspecified atom stereocenters. The average Bonchev–Trinajstić information content (AvgIpc) is 2.54. The molecule has 0 heterocycles. The van der Waals surface area contributed by atoms with Crippen LogP contribution in [0.25, 0.3) is 0 Å². The zero-order chi connectivity index (χ0) is 17.5. The standard InChI is InChI=1S/C15H24N4O4/c1-2-15(12-6-4-3-5-7-12,18(8-10-20)13(16)22)19(9-11-21)14(17)23/h3-7,20-21H,2,8-11H2,1H3,(H2,16,22)(H2,17,23). The van der Waals surface area contributed by atoms with Gasteiger partial charge in [-0.1, -0.05) is 37.3 Å². The number of carbonyl (C=O) groups excluding carboxylic acids is 2. The Morgan fingerprint density at radius 1 is 1.00 bits per heavy atom. The van der Waals surface area contributed by atoms with E-state index in [0.717, 1.165) is 0 Å². The molecule has 6 N–H and O–H groups in total. The molecule has 8 heteroatoms. The summed E-state index contributed by atoms with van der Waals surface area (Å²) in [7, 11) is 0. The molecule has 8 nitrogen and oxygen atoms in total. The third-order valence-corrected chi connectivity index (χ3v) is 3.80. The van der Waals surface area contributed by atoms with E-state index in [-0.39, 0.29) is 32.7 Å². The van der Waals surface area contributed by atoms with Crippen LogP contribution in [0, 0.1) is 0 Å². The van der Waals surface area contributed by atoms with E-state index < -0.39 is 17.7 Å². The maximum Gasteiger partial charge on any atom is 0.317 e. The largest absolute Gasteiger partial charge is 0.395 e. The summed E-state index contributed by atoms with van der Waals surface area (Å²) in [5, 5.41) is 18.6. The van der Waals surface area contributed by atoms with Crippen LogP contribution in [-0.4, -0.2) is 58.4 Å². The number of hydrogen-bond donors (Lipinski definition) is 4. The lowest BCUT2D eigenvalue weighted by Crippen LogP contribution is -2.64. The molecule has 0 aliphatic carbocycles. The Morgan fingerprint density at radius 3 is 1.74 bits per heavy atom. The fourth-order valence-corrected chi connectivity index (χ4v) is 2.90. The first kappa shape index (κ1) is 18.7. The number of rotatable bonds is 8. The molecule has 0 saturated carbocycles. The molecule has 0 spiro atoms. The number of urea groups is 2. The molecule has 0 radical (unpaired) electrons. The SMILES string of the molecule is CCC(c1ccccc1)(N(CCO)C(N)=O)N(CCO)C(N)=O. The second kappa shape index (κ2) is 8.35. The predicted octanol–water partition coefficient (Wildman–Crippen LogP) is -0.00460. The Balaban J connectivity index is 3.60. The van der Waals surface area contributed by atoms with Crippen molar-refractivity contribution in [3.63, 3.8) is 0 Å². The van der Waals surface area contributed by atoms with Crippen molar-refractivity contribution in [1.29, 1.82) is 0 Å². The van der Waals surface area contributed by atoms with Gasteiger partial charge in [-0.15, -0.1) is 0 Å². The lowest BCUT2D eigenvalue weighted by molar-refractivity contribution is -0.0237. The Kier molecular flexibility index (Phi) is 6.80. The van der Waals surface area contributed by atoms with Crippen molar-refractivity contribution in [1.82, 2.24) is 9.80 Å². The summed E-state index contributed by atoms with van der Waals surface area (Å²) in [5.74, 6) is 0. The first-order valence-corrected chi connectivity index (χ1v) is 7.37. The fourth-order valence-electron chi connectivity index (χ4n) is 2.90. The smallest absolute Gasteiger partial charge is 0.317 e. The summed E-state index contributed by atoms with van der Waals surface area (Å²) in [6.45, 7) is 0.959. The molecular formula is C15H24N4O4. The Hall–Kier alpha value is -2.32. The highest BCUT2D eigenvalue weighted by molar-refractivity contribution is 5.77. The molecule has 128 valence electrons. The van der Waals surface area contributed by atoms with Gasteiger partial charge in [0, 0.05) is 13.1 Å². The first-order valence-electron chi connectivity index (χ1n) is 7.37. The van der Waals surface area contributed by atoms with E-state index >= 15 is 0 Å². The molecule has 1 aromatic rings. The van der Waals surface area contributed by atoms with Crippen LogP contribution in [0.1, 0.15) is 18.9 Å². The molecule has 4 amide bonds. The third-order valence-electron chi connectivity index (χ3n) is 3.80. The van der Waals surface area contributed by atoms with Crippen LogP contribution in [0.15, 0.2) is 30.3 Å². The summed E-state index contributed by atoms with van der Waals surface area (Å²) in [4.78, 5) is 26.4. The molecular weight excluding hydrogens is 300 g/mol. The van der Waals surface area contributed by atoms with Gasteiger partial charge in [-0.05, 0) is 12.0 Å². The molecule has 0 aliphatic rings. The minimum absolute atomic E-state index is 0.0761. The Bertz CT molecular complexity index is 499. The van der Waals surface area contributed by atoms with Crippen LogP contribution in [0.5, 0.6) is 0 Å². The number of hydrogen-bond acceptors (Lipinski definition) is 4. The number of primary amides is 2. The number of amides is 4. The monoisotopic (exact) mass is 324 g/mol. The number of nitrogens with zero attached hydrogens (tertiary/aromatic N) is 2. The minimum atomic E-state index is -1.29. The van der Waals surface area contributed by atoms with E-state index in [9.17, 15) is 19.8 Å². The van der Waals surface area contributed by atoms with Crippen molar-refractivity contribution >= 4 is 12.1 Å². The van der Waals surface area contributed by atoms with E-state index in [1.54, 1.807) is 37.3 Å². The highest BCUT2D eigenvalue weighted by Crippen LogP contribution is 2.35. The van der Waals surface area contributed by atoms with Crippen molar-refractivity contribution in [2.24, 2.45) is 11.5 Å². The molecule has 0 aromatic heterocycles. The lowest BCUT2D eigenvalue weighted by Gasteiger charge is -2.49. The maximum atomic E-state index is 12.0. The van der Waals surface area contributed by atoms with Gasteiger partial charge < -0.3 is 21.7 Å². The first-order chi connectivity index (χ1) is 10.9. The normalized spacial score (nSPS) is 11.1. The van der Waals surface area contributed by atoms with Gasteiger partial charge in [-0.2, -0.15) is 0 Å². The molecule has 0 fully saturated rings. The van der Waals surface area contributed by atoms with Crippen LogP contribution in [0.3, 0.4) is 0 Å². The minimum Gasteiger partial charge on any atom is -0.395 e. The van der Waals surface area contributed by atoms with Crippen molar-refractivity contribution < 1.29 is 19.8 Å². The number of nitrogens with two attached hydrogens (primary N) is 2. The number of aliphatic hydroxyl groups is 2. The molecule has 1 aromatic carbocycles. The topological polar surface area (TPSA) is 133 Å². The van der Waals surface area contributed by atoms with E-state index in [0.29, 0.717) is 5.56 Å². The third kappa shape index (κ3) is 3.72. The van der Waals surface area contributed by atoms with E-state index in [1.807, 2.05) is 0 Å². The van der Waals surface area contributed by atoms with Crippen molar-refractivity contribution in [2.45, 2.75) is 19.0 Å². The second-order valence-electron chi connectivity index (χ2n) is 4.96. The van der Waals surface area contributed by atoms with E-state index in [4.69, 9.17) is 11.5 Å². The second-order valence-corrected chi connectivity index (χ2v) is 4.96. The van der Waals surface area contributed by atoms with Gasteiger partial charge in [0.05, 0.1) is 13.2 Å². The van der Waals surface area contributed by atoms with Crippen LogP contribution in [-0.2, 0) is 5.66 Å². The summed E-state index contributed by atoms with van der Waals surface area (Å²) < 4.78 is 0. The van der Waals surface area contributed by atoms with Crippen molar-refractivity contribution in [3.05, 3.63) is 35.9 Å². The molecule has 1 rings (SSSR count). The van der Waals surface area contributed by atoms with Gasteiger partial charge in [0.25, 0.3) is 0 Å². The zero-order valence-corrected chi connectivity index (χ0v) is 13.2. The van der Waals surface area contributed by atoms with E-state index in [2.05, 4.69) is 0 Å². The van der Waals surface area contributed by atoms with Gasteiger partial charge in [0.2, 0.25) is 0 Å². The summed E-state index contributed by atoms with van der Waals surface area (Å²) in [6.07, 6.45) is 0.281. The number of aliphatic hydroxyl groups excluding tert-OH is 2. The van der Waals surface area contributed by atoms with Gasteiger partial charge >= 0.3 is 12.1 Å². The van der Waals surface area contributed by atoms with Gasteiger partial charge in [-0.3, -0.25) is 9.80 Å². The number of carbonyl (C=O) groups is 2. The Labute approximate surface area is 135 Å². The molecule has 23 heavy (non-hydrogen) atoms. The van der Waals surface area contributed by atoms with Gasteiger partial charge in [0.1, 0.15) is 5.66 Å². The molecule has 0 saturated heterocycles. The number of benzene rings is 1. The maximum absolute atomic E-state index is 12.0. The summed E-state index contributed by atoms with van der Waals surface area (Å²) in [5.41, 5.74) is 10.3. The molecule has 0 aliphatic heterocycles. The quantitative estimate of drug-likeness (QED) is 0.501. The molecule has 0 bridgehead atoms. The molecule has 0 atom stereocenters. The average molecular weight is 324 g/mol. The zero-order valence-electron chi connectivity index (χ0n) is 13.2. The lowest BCUT2D eigenvalue weighted by atomic mass is 9.92. The summed E-state index contributed by atoms with van der Waals surface area (Å²) >= 11 is 0.